The Labute approximate surface area is 125 Å². The summed E-state index contributed by atoms with van der Waals surface area (Å²) in [6.07, 6.45) is 6.20. The fourth-order valence-corrected chi connectivity index (χ4v) is 3.56. The Bertz CT molecular complexity index is 509. The molecule has 1 heterocycles. The van der Waals surface area contributed by atoms with Gasteiger partial charge in [-0.2, -0.15) is 0 Å². The minimum atomic E-state index is -0.165. The fraction of sp³-hybridized carbons (Fsp3) is 0.588. The van der Waals surface area contributed by atoms with Crippen LogP contribution in [0.3, 0.4) is 0 Å². The first kappa shape index (κ1) is 14.5. The zero-order valence-electron chi connectivity index (χ0n) is 12.4. The van der Waals surface area contributed by atoms with E-state index in [-0.39, 0.29) is 24.0 Å². The number of aliphatic hydroxyl groups excluding tert-OH is 1. The molecule has 0 spiro atoms. The van der Waals surface area contributed by atoms with Crippen molar-refractivity contribution in [2.24, 2.45) is 5.41 Å². The Morgan fingerprint density at radius 2 is 2.05 bits per heavy atom. The molecule has 1 unspecified atom stereocenters. The standard InChI is InChI=1S/C17H24N2O2/c20-12-17(9-3-4-10-17)11-18-15-8-7-13-5-1-2-6-14(13)19-16(15)21/h1-2,5-6,15,18,20H,3-4,7-12H2,(H,19,21). The van der Waals surface area contributed by atoms with Crippen LogP contribution in [0.1, 0.15) is 37.7 Å². The van der Waals surface area contributed by atoms with E-state index in [4.69, 9.17) is 0 Å². The van der Waals surface area contributed by atoms with Gasteiger partial charge in [0.2, 0.25) is 5.91 Å². The molecule has 1 aromatic carbocycles. The van der Waals surface area contributed by atoms with Crippen LogP contribution < -0.4 is 10.6 Å². The Balaban J connectivity index is 1.63. The van der Waals surface area contributed by atoms with Gasteiger partial charge in [-0.3, -0.25) is 4.79 Å². The second-order valence-electron chi connectivity index (χ2n) is 6.48. The zero-order chi connectivity index (χ0) is 14.7. The number of benzene rings is 1. The summed E-state index contributed by atoms with van der Waals surface area (Å²) < 4.78 is 0. The number of anilines is 1. The third-order valence-electron chi connectivity index (χ3n) is 5.02. The molecule has 3 N–H and O–H groups in total. The first-order valence-electron chi connectivity index (χ1n) is 7.95. The number of hydrogen-bond donors (Lipinski definition) is 3. The molecule has 1 atom stereocenters. The number of aliphatic hydroxyl groups is 1. The normalized spacial score (nSPS) is 24.2. The van der Waals surface area contributed by atoms with E-state index in [0.717, 1.165) is 37.9 Å². The van der Waals surface area contributed by atoms with E-state index in [9.17, 15) is 9.90 Å². The van der Waals surface area contributed by atoms with Gasteiger partial charge in [0.15, 0.2) is 0 Å². The SMILES string of the molecule is O=C1Nc2ccccc2CCC1NCC1(CO)CCCC1. The third-order valence-corrected chi connectivity index (χ3v) is 5.02. The van der Waals surface area contributed by atoms with Gasteiger partial charge in [-0.05, 0) is 37.3 Å². The Morgan fingerprint density at radius 3 is 2.81 bits per heavy atom. The zero-order valence-corrected chi connectivity index (χ0v) is 12.4. The molecule has 4 heteroatoms. The summed E-state index contributed by atoms with van der Waals surface area (Å²) in [5.74, 6) is 0.0473. The van der Waals surface area contributed by atoms with E-state index in [1.54, 1.807) is 0 Å². The lowest BCUT2D eigenvalue weighted by molar-refractivity contribution is -0.118. The smallest absolute Gasteiger partial charge is 0.241 e. The van der Waals surface area contributed by atoms with Crippen LogP contribution in [0.5, 0.6) is 0 Å². The number of fused-ring (bicyclic) bond motifs is 1. The van der Waals surface area contributed by atoms with E-state index in [1.165, 1.54) is 18.4 Å². The molecule has 0 radical (unpaired) electrons. The number of hydrogen-bond acceptors (Lipinski definition) is 3. The van der Waals surface area contributed by atoms with E-state index >= 15 is 0 Å². The lowest BCUT2D eigenvalue weighted by atomic mass is 9.87. The van der Waals surface area contributed by atoms with Gasteiger partial charge in [-0.15, -0.1) is 0 Å². The molecule has 3 rings (SSSR count). The van der Waals surface area contributed by atoms with Crippen molar-refractivity contribution in [3.63, 3.8) is 0 Å². The van der Waals surface area contributed by atoms with Gasteiger partial charge in [-0.25, -0.2) is 0 Å². The lowest BCUT2D eigenvalue weighted by Crippen LogP contribution is -2.45. The molecule has 4 nitrogen and oxygen atoms in total. The van der Waals surface area contributed by atoms with Gasteiger partial charge >= 0.3 is 0 Å². The molecule has 0 bridgehead atoms. The highest BCUT2D eigenvalue weighted by molar-refractivity contribution is 5.96. The summed E-state index contributed by atoms with van der Waals surface area (Å²) in [6, 6.07) is 7.83. The maximum Gasteiger partial charge on any atom is 0.241 e. The molecule has 114 valence electrons. The van der Waals surface area contributed by atoms with E-state index in [1.807, 2.05) is 18.2 Å². The monoisotopic (exact) mass is 288 g/mol. The molecule has 21 heavy (non-hydrogen) atoms. The van der Waals surface area contributed by atoms with Gasteiger partial charge in [0.25, 0.3) is 0 Å². The number of amides is 1. The van der Waals surface area contributed by atoms with Crippen LogP contribution in [0.4, 0.5) is 5.69 Å². The van der Waals surface area contributed by atoms with Crippen LogP contribution in [0.25, 0.3) is 0 Å². The number of para-hydroxylation sites is 1. The lowest BCUT2D eigenvalue weighted by Gasteiger charge is -2.29. The minimum Gasteiger partial charge on any atom is -0.396 e. The quantitative estimate of drug-likeness (QED) is 0.795. The van der Waals surface area contributed by atoms with Crippen molar-refractivity contribution in [2.45, 2.75) is 44.6 Å². The number of carbonyl (C=O) groups excluding carboxylic acids is 1. The Kier molecular flexibility index (Phi) is 4.27. The second kappa shape index (κ2) is 6.16. The van der Waals surface area contributed by atoms with Crippen LogP contribution in [-0.2, 0) is 11.2 Å². The van der Waals surface area contributed by atoms with Gasteiger partial charge in [-0.1, -0.05) is 31.0 Å². The van der Waals surface area contributed by atoms with Gasteiger partial charge in [0, 0.05) is 24.3 Å². The summed E-state index contributed by atoms with van der Waals surface area (Å²) in [7, 11) is 0. The predicted molar refractivity (Wildman–Crippen MR) is 83.2 cm³/mol. The van der Waals surface area contributed by atoms with E-state index in [2.05, 4.69) is 16.7 Å². The molecule has 2 aliphatic rings. The van der Waals surface area contributed by atoms with Crippen molar-refractivity contribution in [1.82, 2.24) is 5.32 Å². The molecular weight excluding hydrogens is 264 g/mol. The largest absolute Gasteiger partial charge is 0.396 e. The molecule has 0 saturated heterocycles. The van der Waals surface area contributed by atoms with Crippen molar-refractivity contribution in [2.75, 3.05) is 18.5 Å². The van der Waals surface area contributed by atoms with Gasteiger partial charge in [0.1, 0.15) is 0 Å². The average molecular weight is 288 g/mol. The molecule has 0 aromatic heterocycles. The van der Waals surface area contributed by atoms with E-state index < -0.39 is 0 Å². The molecule has 1 aromatic rings. The fourth-order valence-electron chi connectivity index (χ4n) is 3.56. The number of aryl methyl sites for hydroxylation is 1. The molecule has 1 amide bonds. The maximum absolute atomic E-state index is 12.3. The van der Waals surface area contributed by atoms with Crippen molar-refractivity contribution in [3.8, 4) is 0 Å². The maximum atomic E-state index is 12.3. The Hall–Kier alpha value is -1.39. The third kappa shape index (κ3) is 3.11. The number of nitrogens with one attached hydrogen (secondary N) is 2. The van der Waals surface area contributed by atoms with Crippen molar-refractivity contribution in [1.29, 1.82) is 0 Å². The Morgan fingerprint density at radius 1 is 1.29 bits per heavy atom. The molecule has 1 saturated carbocycles. The molecule has 1 aliphatic carbocycles. The van der Waals surface area contributed by atoms with Crippen LogP contribution >= 0.6 is 0 Å². The summed E-state index contributed by atoms with van der Waals surface area (Å²) in [5.41, 5.74) is 2.12. The highest BCUT2D eigenvalue weighted by Crippen LogP contribution is 2.37. The topological polar surface area (TPSA) is 61.4 Å². The number of carbonyl (C=O) groups is 1. The van der Waals surface area contributed by atoms with Crippen LogP contribution in [0.2, 0.25) is 0 Å². The summed E-state index contributed by atoms with van der Waals surface area (Å²) in [6.45, 7) is 0.951. The van der Waals surface area contributed by atoms with E-state index in [0.29, 0.717) is 0 Å². The first-order valence-corrected chi connectivity index (χ1v) is 7.95. The first-order chi connectivity index (χ1) is 10.2. The second-order valence-corrected chi connectivity index (χ2v) is 6.48. The van der Waals surface area contributed by atoms with Crippen LogP contribution in [0.15, 0.2) is 24.3 Å². The van der Waals surface area contributed by atoms with Crippen molar-refractivity contribution < 1.29 is 9.90 Å². The van der Waals surface area contributed by atoms with Crippen LogP contribution in [0, 0.1) is 5.41 Å². The highest BCUT2D eigenvalue weighted by atomic mass is 16.3. The summed E-state index contributed by atoms with van der Waals surface area (Å²) in [5, 5.41) is 16.1. The molecule has 1 aliphatic heterocycles. The van der Waals surface area contributed by atoms with Crippen molar-refractivity contribution >= 4 is 11.6 Å². The van der Waals surface area contributed by atoms with Gasteiger partial charge < -0.3 is 15.7 Å². The van der Waals surface area contributed by atoms with Crippen LogP contribution in [-0.4, -0.2) is 30.2 Å². The minimum absolute atomic E-state index is 0.0144. The van der Waals surface area contributed by atoms with Gasteiger partial charge in [0.05, 0.1) is 6.04 Å². The molecular formula is C17H24N2O2. The number of rotatable bonds is 4. The average Bonchev–Trinajstić information content (AvgIpc) is 2.91. The molecule has 1 fully saturated rings. The summed E-state index contributed by atoms with van der Waals surface area (Å²) in [4.78, 5) is 12.3. The highest BCUT2D eigenvalue weighted by Gasteiger charge is 2.34. The predicted octanol–water partition coefficient (Wildman–Crippen LogP) is 2.08. The summed E-state index contributed by atoms with van der Waals surface area (Å²) >= 11 is 0. The van der Waals surface area contributed by atoms with Crippen molar-refractivity contribution in [3.05, 3.63) is 29.8 Å².